The van der Waals surface area contributed by atoms with Gasteiger partial charge in [-0.15, -0.1) is 0 Å². The predicted molar refractivity (Wildman–Crippen MR) is 75.8 cm³/mol. The Bertz CT molecular complexity index is 676. The molecule has 0 radical (unpaired) electrons. The summed E-state index contributed by atoms with van der Waals surface area (Å²) in [5, 5.41) is 20.3. The molecule has 1 aromatic carbocycles. The highest BCUT2D eigenvalue weighted by atomic mass is 16.6. The molecule has 2 rings (SSSR count). The van der Waals surface area contributed by atoms with E-state index in [1.165, 1.54) is 18.2 Å². The SMILES string of the molecule is CCOC(=O)N1c2c(C)ccc([N+](=O)[O-])c2C=CC1C#N. The quantitative estimate of drug-likeness (QED) is 0.615. The number of benzene rings is 1. The van der Waals surface area contributed by atoms with E-state index >= 15 is 0 Å². The van der Waals surface area contributed by atoms with Crippen molar-refractivity contribution in [2.75, 3.05) is 11.5 Å². The van der Waals surface area contributed by atoms with Crippen LogP contribution in [0.3, 0.4) is 0 Å². The molecule has 0 saturated heterocycles. The van der Waals surface area contributed by atoms with Crippen LogP contribution in [0.25, 0.3) is 6.08 Å². The molecule has 1 atom stereocenters. The molecule has 0 aliphatic carbocycles. The first kappa shape index (κ1) is 14.5. The summed E-state index contributed by atoms with van der Waals surface area (Å²) in [4.78, 5) is 23.9. The lowest BCUT2D eigenvalue weighted by Crippen LogP contribution is -2.41. The fraction of sp³-hybridized carbons (Fsp3) is 0.286. The fourth-order valence-corrected chi connectivity index (χ4v) is 2.26. The highest BCUT2D eigenvalue weighted by molar-refractivity contribution is 5.97. The summed E-state index contributed by atoms with van der Waals surface area (Å²) < 4.78 is 4.96. The van der Waals surface area contributed by atoms with E-state index in [1.54, 1.807) is 19.9 Å². The number of amides is 1. The van der Waals surface area contributed by atoms with Gasteiger partial charge in [0.05, 0.1) is 28.9 Å². The minimum Gasteiger partial charge on any atom is -0.449 e. The Morgan fingerprint density at radius 3 is 2.86 bits per heavy atom. The molecular formula is C14H13N3O4. The molecule has 0 saturated carbocycles. The van der Waals surface area contributed by atoms with Gasteiger partial charge in [-0.2, -0.15) is 5.26 Å². The first-order valence-electron chi connectivity index (χ1n) is 6.33. The minimum absolute atomic E-state index is 0.113. The number of rotatable bonds is 2. The predicted octanol–water partition coefficient (Wildman–Crippen LogP) is 2.79. The van der Waals surface area contributed by atoms with Crippen molar-refractivity contribution in [3.05, 3.63) is 39.4 Å². The van der Waals surface area contributed by atoms with Crippen molar-refractivity contribution < 1.29 is 14.5 Å². The molecule has 1 aromatic rings. The molecule has 0 N–H and O–H groups in total. The van der Waals surface area contributed by atoms with Crippen molar-refractivity contribution in [1.29, 1.82) is 5.26 Å². The van der Waals surface area contributed by atoms with Gasteiger partial charge in [0, 0.05) is 6.07 Å². The number of hydrogen-bond donors (Lipinski definition) is 0. The molecular weight excluding hydrogens is 274 g/mol. The highest BCUT2D eigenvalue weighted by Gasteiger charge is 2.33. The third-order valence-electron chi connectivity index (χ3n) is 3.15. The van der Waals surface area contributed by atoms with Crippen molar-refractivity contribution in [2.45, 2.75) is 19.9 Å². The summed E-state index contributed by atoms with van der Waals surface area (Å²) in [6.45, 7) is 3.53. The second kappa shape index (κ2) is 5.63. The van der Waals surface area contributed by atoms with Crippen LogP contribution >= 0.6 is 0 Å². The number of nitro groups is 1. The lowest BCUT2D eigenvalue weighted by atomic mass is 9.98. The van der Waals surface area contributed by atoms with Gasteiger partial charge >= 0.3 is 6.09 Å². The number of nitriles is 1. The number of fused-ring (bicyclic) bond motifs is 1. The van der Waals surface area contributed by atoms with Gasteiger partial charge in [0.15, 0.2) is 0 Å². The Hall–Kier alpha value is -2.88. The third-order valence-corrected chi connectivity index (χ3v) is 3.15. The molecule has 0 spiro atoms. The van der Waals surface area contributed by atoms with Crippen LogP contribution in [0.5, 0.6) is 0 Å². The van der Waals surface area contributed by atoms with Crippen molar-refractivity contribution in [2.24, 2.45) is 0 Å². The summed E-state index contributed by atoms with van der Waals surface area (Å²) >= 11 is 0. The van der Waals surface area contributed by atoms with Crippen molar-refractivity contribution in [3.63, 3.8) is 0 Å². The number of nitrogens with zero attached hydrogens (tertiary/aromatic N) is 3. The second-order valence-electron chi connectivity index (χ2n) is 4.42. The summed E-state index contributed by atoms with van der Waals surface area (Å²) in [6, 6.07) is 4.06. The van der Waals surface area contributed by atoms with Gasteiger partial charge in [0.1, 0.15) is 6.04 Å². The van der Waals surface area contributed by atoms with E-state index in [2.05, 4.69) is 0 Å². The van der Waals surface area contributed by atoms with Crippen LogP contribution in [-0.4, -0.2) is 23.7 Å². The monoisotopic (exact) mass is 287 g/mol. The Balaban J connectivity index is 2.66. The van der Waals surface area contributed by atoms with Crippen LogP contribution < -0.4 is 4.90 Å². The normalized spacial score (nSPS) is 16.0. The first-order chi connectivity index (χ1) is 10.0. The van der Waals surface area contributed by atoms with Crippen LogP contribution in [0, 0.1) is 28.4 Å². The Morgan fingerprint density at radius 1 is 1.57 bits per heavy atom. The van der Waals surface area contributed by atoms with Crippen LogP contribution in [0.2, 0.25) is 0 Å². The molecule has 0 fully saturated rings. The van der Waals surface area contributed by atoms with Crippen molar-refractivity contribution in [1.82, 2.24) is 0 Å². The zero-order chi connectivity index (χ0) is 15.6. The zero-order valence-electron chi connectivity index (χ0n) is 11.6. The number of anilines is 1. The van der Waals surface area contributed by atoms with E-state index in [1.807, 2.05) is 6.07 Å². The lowest BCUT2D eigenvalue weighted by Gasteiger charge is -2.30. The van der Waals surface area contributed by atoms with Gasteiger partial charge in [-0.05, 0) is 31.6 Å². The summed E-state index contributed by atoms with van der Waals surface area (Å²) in [5.74, 6) is 0. The average Bonchev–Trinajstić information content (AvgIpc) is 2.46. The van der Waals surface area contributed by atoms with Crippen LogP contribution in [0.15, 0.2) is 18.2 Å². The fourth-order valence-electron chi connectivity index (χ4n) is 2.26. The summed E-state index contributed by atoms with van der Waals surface area (Å²) in [7, 11) is 0. The van der Waals surface area contributed by atoms with Gasteiger partial charge in [-0.3, -0.25) is 15.0 Å². The summed E-state index contributed by atoms with van der Waals surface area (Å²) in [6.07, 6.45) is 2.26. The molecule has 7 nitrogen and oxygen atoms in total. The Morgan fingerprint density at radius 2 is 2.29 bits per heavy atom. The van der Waals surface area contributed by atoms with E-state index in [9.17, 15) is 20.2 Å². The van der Waals surface area contributed by atoms with E-state index in [0.29, 0.717) is 16.8 Å². The van der Waals surface area contributed by atoms with E-state index in [0.717, 1.165) is 4.90 Å². The smallest absolute Gasteiger partial charge is 0.415 e. The second-order valence-corrected chi connectivity index (χ2v) is 4.42. The molecule has 1 heterocycles. The van der Waals surface area contributed by atoms with Gasteiger partial charge < -0.3 is 4.74 Å². The standard InChI is InChI=1S/C14H13N3O4/c1-3-21-14(18)16-10(8-15)5-6-11-12(17(19)20)7-4-9(2)13(11)16/h4-7,10H,3H2,1-2H3. The van der Waals surface area contributed by atoms with Gasteiger partial charge in [-0.1, -0.05) is 6.07 Å². The molecule has 0 bridgehead atoms. The third kappa shape index (κ3) is 2.43. The maximum atomic E-state index is 12.1. The minimum atomic E-state index is -0.850. The maximum absolute atomic E-state index is 12.1. The average molecular weight is 287 g/mol. The molecule has 7 heteroatoms. The number of ether oxygens (including phenoxy) is 1. The van der Waals surface area contributed by atoms with Crippen molar-refractivity contribution in [3.8, 4) is 6.07 Å². The van der Waals surface area contributed by atoms with E-state index in [-0.39, 0.29) is 12.3 Å². The lowest BCUT2D eigenvalue weighted by molar-refractivity contribution is -0.385. The number of nitro benzene ring substituents is 1. The van der Waals surface area contributed by atoms with Crippen molar-refractivity contribution >= 4 is 23.5 Å². The molecule has 0 aromatic heterocycles. The number of carbonyl (C=O) groups excluding carboxylic acids is 1. The van der Waals surface area contributed by atoms with Gasteiger partial charge in [0.25, 0.3) is 5.69 Å². The van der Waals surface area contributed by atoms with Crippen LogP contribution in [0.4, 0.5) is 16.2 Å². The van der Waals surface area contributed by atoms with E-state index in [4.69, 9.17) is 4.74 Å². The number of aryl methyl sites for hydroxylation is 1. The van der Waals surface area contributed by atoms with E-state index < -0.39 is 17.1 Å². The van der Waals surface area contributed by atoms with Gasteiger partial charge in [0.2, 0.25) is 0 Å². The number of carbonyl (C=O) groups is 1. The zero-order valence-corrected chi connectivity index (χ0v) is 11.6. The largest absolute Gasteiger partial charge is 0.449 e. The first-order valence-corrected chi connectivity index (χ1v) is 6.33. The molecule has 108 valence electrons. The molecule has 1 aliphatic rings. The molecule has 21 heavy (non-hydrogen) atoms. The van der Waals surface area contributed by atoms with Gasteiger partial charge in [-0.25, -0.2) is 4.79 Å². The number of hydrogen-bond acceptors (Lipinski definition) is 5. The topological polar surface area (TPSA) is 96.5 Å². The van der Waals surface area contributed by atoms with Crippen LogP contribution in [0.1, 0.15) is 18.1 Å². The summed E-state index contributed by atoms with van der Waals surface area (Å²) in [5.41, 5.74) is 1.20. The maximum Gasteiger partial charge on any atom is 0.415 e. The Kier molecular flexibility index (Phi) is 3.89. The molecule has 1 aliphatic heterocycles. The molecule has 1 amide bonds. The van der Waals surface area contributed by atoms with Crippen LogP contribution in [-0.2, 0) is 4.74 Å². The Labute approximate surface area is 121 Å². The molecule has 1 unspecified atom stereocenters. The highest BCUT2D eigenvalue weighted by Crippen LogP contribution is 2.38.